The molecule has 2 aromatic rings. The average molecular weight is 590 g/mol. The molecule has 10 nitrogen and oxygen atoms in total. The van der Waals surface area contributed by atoms with E-state index in [1.807, 2.05) is 13.8 Å². The van der Waals surface area contributed by atoms with Gasteiger partial charge in [-0.25, -0.2) is 4.98 Å². The molecule has 1 aliphatic carbocycles. The molecule has 4 rings (SSSR count). The van der Waals surface area contributed by atoms with E-state index in [4.69, 9.17) is 26.5 Å². The number of nitrogens with one attached hydrogen (secondary N) is 5. The summed E-state index contributed by atoms with van der Waals surface area (Å²) in [6.07, 6.45) is 6.43. The van der Waals surface area contributed by atoms with E-state index in [0.29, 0.717) is 23.2 Å². The predicted octanol–water partition coefficient (Wildman–Crippen LogP) is 4.67. The number of aryl methyl sites for hydroxylation is 1. The molecule has 40 heavy (non-hydrogen) atoms. The molecule has 3 unspecified atom stereocenters. The van der Waals surface area contributed by atoms with E-state index in [0.717, 1.165) is 49.4 Å². The Morgan fingerprint density at radius 1 is 1.32 bits per heavy atom. The maximum atomic E-state index is 12.7. The monoisotopic (exact) mass is 589 g/mol. The molecule has 1 aliphatic heterocycles. The molecule has 2 fully saturated rings. The van der Waals surface area contributed by atoms with Gasteiger partial charge in [-0.15, -0.1) is 0 Å². The van der Waals surface area contributed by atoms with Crippen molar-refractivity contribution in [1.82, 2.24) is 20.6 Å². The van der Waals surface area contributed by atoms with Gasteiger partial charge in [0.05, 0.1) is 24.1 Å². The Bertz CT molecular complexity index is 1220. The van der Waals surface area contributed by atoms with Crippen molar-refractivity contribution in [3.05, 3.63) is 46.4 Å². The van der Waals surface area contributed by atoms with E-state index in [9.17, 15) is 4.55 Å². The van der Waals surface area contributed by atoms with Gasteiger partial charge in [0.15, 0.2) is 5.82 Å². The van der Waals surface area contributed by atoms with Gasteiger partial charge in [0, 0.05) is 44.0 Å². The number of hydrogen-bond donors (Lipinski definition) is 5. The van der Waals surface area contributed by atoms with Crippen LogP contribution in [0.15, 0.2) is 30.2 Å². The third-order valence-corrected chi connectivity index (χ3v) is 8.73. The molecule has 1 saturated heterocycles. The van der Waals surface area contributed by atoms with Gasteiger partial charge in [-0.3, -0.25) is 5.41 Å². The lowest BCUT2D eigenvalue weighted by molar-refractivity contribution is 0.0622. The summed E-state index contributed by atoms with van der Waals surface area (Å²) in [7, 11) is 3.47. The largest absolute Gasteiger partial charge is 0.610 e. The summed E-state index contributed by atoms with van der Waals surface area (Å²) in [4.78, 5) is 8.97. The molecule has 3 atom stereocenters. The van der Waals surface area contributed by atoms with Crippen molar-refractivity contribution in [2.75, 3.05) is 43.6 Å². The molecule has 0 bridgehead atoms. The van der Waals surface area contributed by atoms with Crippen molar-refractivity contribution >= 4 is 45.3 Å². The number of hydrogen-bond acceptors (Lipinski definition) is 10. The van der Waals surface area contributed by atoms with Gasteiger partial charge >= 0.3 is 0 Å². The third kappa shape index (κ3) is 7.79. The quantitative estimate of drug-likeness (QED) is 0.136. The van der Waals surface area contributed by atoms with Gasteiger partial charge < -0.3 is 35.3 Å². The summed E-state index contributed by atoms with van der Waals surface area (Å²) in [5.41, 5.74) is 3.44. The standard InChI is InChI=1S/C28H40ClN7O3S/c1-16(2)15-40(37)26(30)23(13-31-4)34-27-21(29)12-33-28(36-27)35-22-10-17(3)20(11-24(22)39-18-6-7-18)19-8-9-32-14-25(19)38-5/h10-13,16,18-19,25,30-32H,6-9,14-15H2,1-5H3,(H2,33,34,35,36)/b23-13+,30-26?. The molecule has 1 saturated carbocycles. The lowest BCUT2D eigenvalue weighted by Crippen LogP contribution is -2.40. The SMILES string of the molecule is CN/C=C(/Nc1nc(Nc2cc(C)c(C3CCNCC3OC)cc2OC2CC2)ncc1Cl)C(=N)[S+]([O-])CC(C)C. The molecule has 0 radical (unpaired) electrons. The van der Waals surface area contributed by atoms with E-state index in [1.165, 1.54) is 11.8 Å². The van der Waals surface area contributed by atoms with E-state index < -0.39 is 11.2 Å². The summed E-state index contributed by atoms with van der Waals surface area (Å²) in [5.74, 6) is 2.21. The maximum absolute atomic E-state index is 12.7. The predicted molar refractivity (Wildman–Crippen MR) is 163 cm³/mol. The normalized spacial score (nSPS) is 20.2. The van der Waals surface area contributed by atoms with Crippen LogP contribution in [0.4, 0.5) is 17.5 Å². The highest BCUT2D eigenvalue weighted by Gasteiger charge is 2.30. The lowest BCUT2D eigenvalue weighted by atomic mass is 9.85. The minimum atomic E-state index is -1.48. The minimum Gasteiger partial charge on any atom is -0.610 e. The molecule has 2 heterocycles. The number of halogens is 1. The van der Waals surface area contributed by atoms with E-state index in [-0.39, 0.29) is 34.1 Å². The summed E-state index contributed by atoms with van der Waals surface area (Å²) >= 11 is 4.95. The second kappa shape index (κ2) is 13.9. The molecule has 218 valence electrons. The molecule has 1 aromatic carbocycles. The van der Waals surface area contributed by atoms with Gasteiger partial charge in [-0.2, -0.15) is 4.98 Å². The second-order valence-electron chi connectivity index (χ2n) is 10.6. The van der Waals surface area contributed by atoms with E-state index in [2.05, 4.69) is 50.3 Å². The Morgan fingerprint density at radius 3 is 2.77 bits per heavy atom. The van der Waals surface area contributed by atoms with Crippen molar-refractivity contribution in [3.63, 3.8) is 0 Å². The number of anilines is 3. The highest BCUT2D eigenvalue weighted by atomic mass is 35.5. The molecule has 1 aromatic heterocycles. The topological polar surface area (TPSA) is 139 Å². The highest BCUT2D eigenvalue weighted by molar-refractivity contribution is 8.06. The van der Waals surface area contributed by atoms with Crippen molar-refractivity contribution < 1.29 is 14.0 Å². The molecule has 0 amide bonds. The van der Waals surface area contributed by atoms with Crippen LogP contribution < -0.4 is 26.0 Å². The molecule has 5 N–H and O–H groups in total. The van der Waals surface area contributed by atoms with Crippen molar-refractivity contribution in [1.29, 1.82) is 5.41 Å². The molecule has 2 aliphatic rings. The zero-order chi connectivity index (χ0) is 28.8. The Kier molecular flexibility index (Phi) is 10.5. The van der Waals surface area contributed by atoms with Crippen LogP contribution in [0.2, 0.25) is 5.02 Å². The van der Waals surface area contributed by atoms with Crippen LogP contribution in [-0.2, 0) is 15.9 Å². The third-order valence-electron chi connectivity index (χ3n) is 6.80. The second-order valence-corrected chi connectivity index (χ2v) is 12.5. The zero-order valence-corrected chi connectivity index (χ0v) is 25.3. The van der Waals surface area contributed by atoms with E-state index in [1.54, 1.807) is 20.4 Å². The molecule has 12 heteroatoms. The molecule has 0 spiro atoms. The first-order valence-corrected chi connectivity index (χ1v) is 15.4. The van der Waals surface area contributed by atoms with Crippen LogP contribution in [-0.4, -0.2) is 64.8 Å². The summed E-state index contributed by atoms with van der Waals surface area (Å²) in [5, 5.41) is 21.4. The van der Waals surface area contributed by atoms with Crippen LogP contribution in [0.25, 0.3) is 0 Å². The summed E-state index contributed by atoms with van der Waals surface area (Å²) in [6.45, 7) is 7.81. The number of rotatable bonds is 12. The Hall–Kier alpha value is -2.57. The first kappa shape index (κ1) is 30.4. The number of aromatic nitrogens is 2. The summed E-state index contributed by atoms with van der Waals surface area (Å²) < 4.78 is 24.8. The van der Waals surface area contributed by atoms with E-state index >= 15 is 0 Å². The fourth-order valence-electron chi connectivity index (χ4n) is 4.67. The number of methoxy groups -OCH3 is 1. The Balaban J connectivity index is 1.60. The van der Waals surface area contributed by atoms with Crippen LogP contribution in [0.3, 0.4) is 0 Å². The smallest absolute Gasteiger partial charge is 0.262 e. The van der Waals surface area contributed by atoms with Crippen LogP contribution >= 0.6 is 11.6 Å². The maximum Gasteiger partial charge on any atom is 0.262 e. The Labute approximate surface area is 244 Å². The number of benzene rings is 1. The lowest BCUT2D eigenvalue weighted by Gasteiger charge is -2.33. The van der Waals surface area contributed by atoms with Gasteiger partial charge in [0.1, 0.15) is 22.2 Å². The minimum absolute atomic E-state index is 0.0363. The van der Waals surface area contributed by atoms with Crippen molar-refractivity contribution in [2.45, 2.75) is 58.2 Å². The molecular weight excluding hydrogens is 550 g/mol. The highest BCUT2D eigenvalue weighted by Crippen LogP contribution is 2.40. The first-order chi connectivity index (χ1) is 19.2. The van der Waals surface area contributed by atoms with Crippen LogP contribution in [0.5, 0.6) is 5.75 Å². The van der Waals surface area contributed by atoms with Gasteiger partial charge in [-0.05, 0) is 61.9 Å². The average Bonchev–Trinajstić information content (AvgIpc) is 3.75. The Morgan fingerprint density at radius 2 is 2.10 bits per heavy atom. The van der Waals surface area contributed by atoms with Crippen molar-refractivity contribution in [2.24, 2.45) is 5.92 Å². The van der Waals surface area contributed by atoms with Gasteiger partial charge in [-0.1, -0.05) is 25.4 Å². The fourth-order valence-corrected chi connectivity index (χ4v) is 5.94. The number of ether oxygens (including phenoxy) is 2. The number of piperidine rings is 1. The van der Waals surface area contributed by atoms with Gasteiger partial charge in [0.2, 0.25) is 5.95 Å². The fraction of sp³-hybridized carbons (Fsp3) is 0.536. The van der Waals surface area contributed by atoms with Crippen molar-refractivity contribution in [3.8, 4) is 5.75 Å². The zero-order valence-electron chi connectivity index (χ0n) is 23.8. The van der Waals surface area contributed by atoms with Crippen LogP contribution in [0.1, 0.15) is 50.2 Å². The van der Waals surface area contributed by atoms with Crippen LogP contribution in [0, 0.1) is 18.3 Å². The van der Waals surface area contributed by atoms with Gasteiger partial charge in [0.25, 0.3) is 5.04 Å². The summed E-state index contributed by atoms with van der Waals surface area (Å²) in [6, 6.07) is 4.20. The number of nitrogens with zero attached hydrogens (tertiary/aromatic N) is 2. The molecular formula is C28H40ClN7O3S. The first-order valence-electron chi connectivity index (χ1n) is 13.7.